The number of phenolic OH excluding ortho intramolecular Hbond substituents is 1. The Morgan fingerprint density at radius 1 is 1.00 bits per heavy atom. The molecule has 1 unspecified atom stereocenters. The molecular formula is C31H25N7O2. The molecule has 9 nitrogen and oxygen atoms in total. The molecule has 0 radical (unpaired) electrons. The number of rotatable bonds is 6. The zero-order chi connectivity index (χ0) is 27.5. The second kappa shape index (κ2) is 10.6. The number of nitrogens with zero attached hydrogens (tertiary/aromatic N) is 3. The van der Waals surface area contributed by atoms with Crippen molar-refractivity contribution in [2.45, 2.75) is 12.3 Å². The lowest BCUT2D eigenvalue weighted by Crippen LogP contribution is -2.28. The first kappa shape index (κ1) is 24.7. The molecule has 0 saturated carbocycles. The van der Waals surface area contributed by atoms with Crippen LogP contribution in [0, 0.1) is 11.3 Å². The number of hydrogen-bond donors (Lipinski definition) is 5. The monoisotopic (exact) mass is 527 g/mol. The molecule has 5 aromatic rings. The van der Waals surface area contributed by atoms with Gasteiger partial charge in [-0.05, 0) is 42.1 Å². The van der Waals surface area contributed by atoms with Crippen LogP contribution < -0.4 is 16.2 Å². The molecule has 1 atom stereocenters. The van der Waals surface area contributed by atoms with Crippen molar-refractivity contribution in [1.29, 1.82) is 5.26 Å². The van der Waals surface area contributed by atoms with Gasteiger partial charge in [-0.15, -0.1) is 0 Å². The number of allylic oxidation sites excluding steroid dienone is 2. The van der Waals surface area contributed by atoms with Gasteiger partial charge in [0.15, 0.2) is 5.75 Å². The van der Waals surface area contributed by atoms with Crippen molar-refractivity contribution < 1.29 is 9.90 Å². The minimum atomic E-state index is -0.448. The number of phenols is 1. The highest BCUT2D eigenvalue weighted by Gasteiger charge is 2.26. The predicted octanol–water partition coefficient (Wildman–Crippen LogP) is 5.63. The Balaban J connectivity index is 1.38. The molecule has 6 rings (SSSR count). The zero-order valence-corrected chi connectivity index (χ0v) is 21.3. The highest BCUT2D eigenvalue weighted by atomic mass is 16.3. The van der Waals surface area contributed by atoms with E-state index in [2.05, 4.69) is 32.2 Å². The molecule has 4 aromatic carbocycles. The third-order valence-electron chi connectivity index (χ3n) is 6.88. The number of hydrogen-bond acceptors (Lipinski definition) is 7. The number of fused-ring (bicyclic) bond motifs is 2. The minimum absolute atomic E-state index is 0.109. The van der Waals surface area contributed by atoms with E-state index in [9.17, 15) is 15.2 Å². The first-order chi connectivity index (χ1) is 19.6. The summed E-state index contributed by atoms with van der Waals surface area (Å²) in [6.45, 7) is 0.515. The number of hydrazine groups is 1. The second-order valence-corrected chi connectivity index (χ2v) is 9.39. The third kappa shape index (κ3) is 4.70. The lowest BCUT2D eigenvalue weighted by molar-refractivity contribution is 0.102. The van der Waals surface area contributed by atoms with E-state index in [0.29, 0.717) is 46.8 Å². The van der Waals surface area contributed by atoms with E-state index in [4.69, 9.17) is 4.98 Å². The standard InChI is InChI=1S/C31H25N7O2/c32-17-20-18-33-15-14-23(30-35-25-12-6-7-13-26(25)36-30)27(20)37-38-28-22-11-5-4-8-19(22)16-24(29(28)39)31(40)34-21-9-2-1-3-10-21/h1-13,16,18,23,37-39H,14-15H2,(H,34,40)(H,35,36). The van der Waals surface area contributed by atoms with Crippen molar-refractivity contribution in [3.63, 3.8) is 0 Å². The van der Waals surface area contributed by atoms with Gasteiger partial charge in [0.2, 0.25) is 0 Å². The fourth-order valence-electron chi connectivity index (χ4n) is 4.90. The van der Waals surface area contributed by atoms with Gasteiger partial charge in [-0.1, -0.05) is 54.6 Å². The van der Waals surface area contributed by atoms with Crippen LogP contribution in [-0.2, 0) is 0 Å². The van der Waals surface area contributed by atoms with Gasteiger partial charge in [0.05, 0.1) is 33.8 Å². The topological polar surface area (TPSA) is 138 Å². The van der Waals surface area contributed by atoms with Gasteiger partial charge in [-0.2, -0.15) is 5.26 Å². The van der Waals surface area contributed by atoms with Crippen LogP contribution in [0.15, 0.2) is 101 Å². The molecule has 0 saturated heterocycles. The van der Waals surface area contributed by atoms with E-state index in [0.717, 1.165) is 16.4 Å². The Morgan fingerprint density at radius 2 is 1.77 bits per heavy atom. The summed E-state index contributed by atoms with van der Waals surface area (Å²) in [6, 6.07) is 28.1. The van der Waals surface area contributed by atoms with Crippen LogP contribution in [0.25, 0.3) is 21.8 Å². The first-order valence-corrected chi connectivity index (χ1v) is 12.8. The Bertz CT molecular complexity index is 1800. The van der Waals surface area contributed by atoms with Crippen molar-refractivity contribution in [2.75, 3.05) is 17.3 Å². The number of nitriles is 1. The number of aliphatic imine (C=N–C) groups is 1. The maximum atomic E-state index is 13.2. The Labute approximate surface area is 229 Å². The number of para-hydroxylation sites is 3. The number of aromatic hydroxyl groups is 1. The number of carbonyl (C=O) groups excluding carboxylic acids is 1. The number of H-pyrrole nitrogens is 1. The minimum Gasteiger partial charge on any atom is -0.505 e. The van der Waals surface area contributed by atoms with Crippen molar-refractivity contribution in [3.05, 3.63) is 108 Å². The number of aromatic amines is 1. The van der Waals surface area contributed by atoms with Gasteiger partial charge in [0, 0.05) is 23.8 Å². The maximum Gasteiger partial charge on any atom is 0.259 e. The van der Waals surface area contributed by atoms with Crippen LogP contribution in [0.3, 0.4) is 0 Å². The Kier molecular flexibility index (Phi) is 6.56. The molecule has 2 heterocycles. The Hall–Kier alpha value is -5.62. The van der Waals surface area contributed by atoms with E-state index in [-0.39, 0.29) is 17.2 Å². The van der Waals surface area contributed by atoms with Crippen LogP contribution >= 0.6 is 0 Å². The highest BCUT2D eigenvalue weighted by molar-refractivity contribution is 6.12. The summed E-state index contributed by atoms with van der Waals surface area (Å²) in [6.07, 6.45) is 2.16. The van der Waals surface area contributed by atoms with E-state index in [1.807, 2.05) is 66.7 Å². The van der Waals surface area contributed by atoms with E-state index in [1.54, 1.807) is 24.4 Å². The summed E-state index contributed by atoms with van der Waals surface area (Å²) >= 11 is 0. The van der Waals surface area contributed by atoms with Crippen LogP contribution in [0.1, 0.15) is 28.5 Å². The van der Waals surface area contributed by atoms with Crippen molar-refractivity contribution in [2.24, 2.45) is 4.99 Å². The quantitative estimate of drug-likeness (QED) is 0.143. The number of imidazole rings is 1. The molecule has 0 spiro atoms. The van der Waals surface area contributed by atoms with Gasteiger partial charge < -0.3 is 20.8 Å². The number of aromatic nitrogens is 2. The van der Waals surface area contributed by atoms with Gasteiger partial charge in [0.1, 0.15) is 17.6 Å². The van der Waals surface area contributed by atoms with Crippen molar-refractivity contribution in [3.8, 4) is 11.8 Å². The summed E-state index contributed by atoms with van der Waals surface area (Å²) in [5.41, 5.74) is 9.97. The first-order valence-electron chi connectivity index (χ1n) is 12.8. The molecule has 40 heavy (non-hydrogen) atoms. The van der Waals surface area contributed by atoms with Crippen LogP contribution in [-0.4, -0.2) is 33.7 Å². The number of benzene rings is 4. The summed E-state index contributed by atoms with van der Waals surface area (Å²) in [5, 5.41) is 25.6. The number of amides is 1. The zero-order valence-electron chi connectivity index (χ0n) is 21.3. The number of anilines is 2. The largest absolute Gasteiger partial charge is 0.505 e. The predicted molar refractivity (Wildman–Crippen MR) is 156 cm³/mol. The molecular weight excluding hydrogens is 502 g/mol. The smallest absolute Gasteiger partial charge is 0.259 e. The van der Waals surface area contributed by atoms with Crippen molar-refractivity contribution in [1.82, 2.24) is 15.4 Å². The average Bonchev–Trinajstić information content (AvgIpc) is 3.31. The molecule has 0 fully saturated rings. The lowest BCUT2D eigenvalue weighted by Gasteiger charge is -2.22. The Morgan fingerprint density at radius 3 is 2.60 bits per heavy atom. The summed E-state index contributed by atoms with van der Waals surface area (Å²) in [7, 11) is 0. The molecule has 1 amide bonds. The summed E-state index contributed by atoms with van der Waals surface area (Å²) in [4.78, 5) is 25.7. The summed E-state index contributed by atoms with van der Waals surface area (Å²) in [5.74, 6) is -0.263. The van der Waals surface area contributed by atoms with Crippen LogP contribution in [0.2, 0.25) is 0 Å². The number of nitrogens with one attached hydrogen (secondary N) is 4. The van der Waals surface area contributed by atoms with E-state index < -0.39 is 5.91 Å². The van der Waals surface area contributed by atoms with Gasteiger partial charge in [-0.25, -0.2) is 4.98 Å². The fourth-order valence-corrected chi connectivity index (χ4v) is 4.90. The molecule has 9 heteroatoms. The average molecular weight is 528 g/mol. The number of carbonyl (C=O) groups is 1. The SMILES string of the molecule is N#CC1=C(NNc2c(O)c(C(=O)Nc3ccccc3)cc3ccccc23)C(c2nc3ccccc3[nH]2)CCN=C1. The fraction of sp³-hybridized carbons (Fsp3) is 0.0968. The summed E-state index contributed by atoms with van der Waals surface area (Å²) < 4.78 is 0. The molecule has 0 aliphatic carbocycles. The molecule has 5 N–H and O–H groups in total. The lowest BCUT2D eigenvalue weighted by atomic mass is 9.98. The second-order valence-electron chi connectivity index (χ2n) is 9.39. The molecule has 1 aliphatic rings. The van der Waals surface area contributed by atoms with Gasteiger partial charge in [-0.3, -0.25) is 15.2 Å². The molecule has 196 valence electrons. The highest BCUT2D eigenvalue weighted by Crippen LogP contribution is 2.37. The molecule has 1 aromatic heterocycles. The van der Waals surface area contributed by atoms with E-state index in [1.165, 1.54) is 0 Å². The van der Waals surface area contributed by atoms with Crippen LogP contribution in [0.4, 0.5) is 11.4 Å². The van der Waals surface area contributed by atoms with Gasteiger partial charge >= 0.3 is 0 Å². The normalized spacial score (nSPS) is 15.0. The van der Waals surface area contributed by atoms with Crippen LogP contribution in [0.5, 0.6) is 5.75 Å². The molecule has 0 bridgehead atoms. The van der Waals surface area contributed by atoms with Gasteiger partial charge in [0.25, 0.3) is 5.91 Å². The maximum absolute atomic E-state index is 13.2. The molecule has 1 aliphatic heterocycles. The third-order valence-corrected chi connectivity index (χ3v) is 6.88. The van der Waals surface area contributed by atoms with Crippen molar-refractivity contribution >= 4 is 45.3 Å². The van der Waals surface area contributed by atoms with E-state index >= 15 is 0 Å².